The number of carbonyl (C=O) groups is 1. The lowest BCUT2D eigenvalue weighted by molar-refractivity contribution is -0.118. The minimum atomic E-state index is -0.274. The van der Waals surface area contributed by atoms with Gasteiger partial charge in [0.2, 0.25) is 5.91 Å². The number of halogens is 1. The third-order valence-corrected chi connectivity index (χ3v) is 3.71. The summed E-state index contributed by atoms with van der Waals surface area (Å²) in [6.45, 7) is 2.20. The Morgan fingerprint density at radius 1 is 1.36 bits per heavy atom. The van der Waals surface area contributed by atoms with E-state index in [1.54, 1.807) is 19.1 Å². The van der Waals surface area contributed by atoms with E-state index in [1.807, 2.05) is 0 Å². The summed E-state index contributed by atoms with van der Waals surface area (Å²) in [5.74, 6) is -0.240. The highest BCUT2D eigenvalue weighted by Gasteiger charge is 2.05. The Kier molecular flexibility index (Phi) is 5.71. The van der Waals surface area contributed by atoms with E-state index in [0.29, 0.717) is 23.8 Å². The van der Waals surface area contributed by atoms with Crippen molar-refractivity contribution >= 4 is 17.7 Å². The maximum Gasteiger partial charge on any atom is 0.251 e. The SMILES string of the molecule is Cc1cc(=O)[nH]c(SCC(=O)NCCc2ccc(F)cc2)n1. The standard InChI is InChI=1S/C15H16FN3O2S/c1-10-8-13(20)19-15(18-10)22-9-14(21)17-7-6-11-2-4-12(16)5-3-11/h2-5,8H,6-7,9H2,1H3,(H,17,21)(H,18,19,20). The molecule has 116 valence electrons. The lowest BCUT2D eigenvalue weighted by Crippen LogP contribution is -2.27. The van der Waals surface area contributed by atoms with Crippen LogP contribution in [0.15, 0.2) is 40.3 Å². The first kappa shape index (κ1) is 16.2. The first-order valence-electron chi connectivity index (χ1n) is 6.75. The number of carbonyl (C=O) groups excluding carboxylic acids is 1. The van der Waals surface area contributed by atoms with Gasteiger partial charge in [-0.25, -0.2) is 9.37 Å². The summed E-state index contributed by atoms with van der Waals surface area (Å²) < 4.78 is 12.8. The number of benzene rings is 1. The fourth-order valence-corrected chi connectivity index (χ4v) is 2.55. The summed E-state index contributed by atoms with van der Waals surface area (Å²) in [5.41, 5.74) is 1.34. The molecule has 1 aromatic carbocycles. The molecule has 7 heteroatoms. The van der Waals surface area contributed by atoms with Crippen LogP contribution in [-0.4, -0.2) is 28.2 Å². The van der Waals surface area contributed by atoms with E-state index in [-0.39, 0.29) is 23.0 Å². The van der Waals surface area contributed by atoms with Gasteiger partial charge in [-0.3, -0.25) is 9.59 Å². The molecule has 0 spiro atoms. The first-order valence-corrected chi connectivity index (χ1v) is 7.73. The molecule has 0 bridgehead atoms. The molecule has 1 aromatic heterocycles. The van der Waals surface area contributed by atoms with E-state index in [2.05, 4.69) is 15.3 Å². The van der Waals surface area contributed by atoms with Gasteiger partial charge in [0.05, 0.1) is 5.75 Å². The van der Waals surface area contributed by atoms with E-state index in [9.17, 15) is 14.0 Å². The van der Waals surface area contributed by atoms with Gasteiger partial charge in [0.1, 0.15) is 5.82 Å². The van der Waals surface area contributed by atoms with Gasteiger partial charge in [-0.05, 0) is 31.0 Å². The number of rotatable bonds is 6. The van der Waals surface area contributed by atoms with Crippen molar-refractivity contribution in [1.82, 2.24) is 15.3 Å². The van der Waals surface area contributed by atoms with Crippen molar-refractivity contribution in [2.24, 2.45) is 0 Å². The van der Waals surface area contributed by atoms with E-state index < -0.39 is 0 Å². The van der Waals surface area contributed by atoms with Crippen molar-refractivity contribution in [3.05, 3.63) is 57.8 Å². The summed E-state index contributed by atoms with van der Waals surface area (Å²) in [6.07, 6.45) is 0.635. The van der Waals surface area contributed by atoms with Crippen molar-refractivity contribution in [2.75, 3.05) is 12.3 Å². The zero-order chi connectivity index (χ0) is 15.9. The number of aromatic nitrogens is 2. The molecular weight excluding hydrogens is 305 g/mol. The molecule has 2 N–H and O–H groups in total. The summed E-state index contributed by atoms with van der Waals surface area (Å²) >= 11 is 1.18. The Morgan fingerprint density at radius 2 is 2.09 bits per heavy atom. The van der Waals surface area contributed by atoms with Gasteiger partial charge in [-0.2, -0.15) is 0 Å². The summed E-state index contributed by atoms with van der Waals surface area (Å²) in [5, 5.41) is 3.20. The average molecular weight is 321 g/mol. The van der Waals surface area contributed by atoms with Crippen molar-refractivity contribution in [2.45, 2.75) is 18.5 Å². The van der Waals surface area contributed by atoms with E-state index in [1.165, 1.54) is 30.0 Å². The second-order valence-corrected chi connectivity index (χ2v) is 5.67. The van der Waals surface area contributed by atoms with E-state index >= 15 is 0 Å². The van der Waals surface area contributed by atoms with Crippen LogP contribution in [0.2, 0.25) is 0 Å². The lowest BCUT2D eigenvalue weighted by atomic mass is 10.1. The van der Waals surface area contributed by atoms with E-state index in [4.69, 9.17) is 0 Å². The normalized spacial score (nSPS) is 10.5. The number of aromatic amines is 1. The molecule has 5 nitrogen and oxygen atoms in total. The number of nitrogens with one attached hydrogen (secondary N) is 2. The van der Waals surface area contributed by atoms with E-state index in [0.717, 1.165) is 5.56 Å². The molecule has 1 heterocycles. The summed E-state index contributed by atoms with van der Waals surface area (Å²) in [7, 11) is 0. The molecule has 0 radical (unpaired) electrons. The number of thioether (sulfide) groups is 1. The molecule has 0 aliphatic carbocycles. The Balaban J connectivity index is 1.73. The fraction of sp³-hybridized carbons (Fsp3) is 0.267. The predicted octanol–water partition coefficient (Wildman–Crippen LogP) is 1.67. The largest absolute Gasteiger partial charge is 0.355 e. The zero-order valence-electron chi connectivity index (χ0n) is 12.1. The maximum absolute atomic E-state index is 12.8. The van der Waals surface area contributed by atoms with Gasteiger partial charge in [0, 0.05) is 18.3 Å². The fourth-order valence-electron chi connectivity index (χ4n) is 1.80. The highest BCUT2D eigenvalue weighted by Crippen LogP contribution is 2.10. The minimum absolute atomic E-state index is 0.142. The predicted molar refractivity (Wildman–Crippen MR) is 83.4 cm³/mol. The molecule has 0 unspecified atom stereocenters. The molecule has 2 rings (SSSR count). The molecule has 0 atom stereocenters. The molecular formula is C15H16FN3O2S. The summed E-state index contributed by atoms with van der Waals surface area (Å²) in [4.78, 5) is 29.7. The number of aryl methyl sites for hydroxylation is 1. The lowest BCUT2D eigenvalue weighted by Gasteiger charge is -2.05. The van der Waals surface area contributed by atoms with Gasteiger partial charge in [-0.1, -0.05) is 23.9 Å². The molecule has 0 saturated heterocycles. The number of hydrogen-bond donors (Lipinski definition) is 2. The van der Waals surface area contributed by atoms with Gasteiger partial charge < -0.3 is 10.3 Å². The molecule has 2 aromatic rings. The molecule has 0 fully saturated rings. The van der Waals surface area contributed by atoms with Crippen molar-refractivity contribution in [1.29, 1.82) is 0 Å². The average Bonchev–Trinajstić information content (AvgIpc) is 2.46. The first-order chi connectivity index (χ1) is 10.5. The third kappa shape index (κ3) is 5.33. The van der Waals surface area contributed by atoms with Crippen molar-refractivity contribution in [3.63, 3.8) is 0 Å². The monoisotopic (exact) mass is 321 g/mol. The van der Waals surface area contributed by atoms with Crippen molar-refractivity contribution in [3.8, 4) is 0 Å². The molecule has 0 saturated carbocycles. The van der Waals surface area contributed by atoms with Crippen LogP contribution in [0, 0.1) is 12.7 Å². The third-order valence-electron chi connectivity index (χ3n) is 2.84. The molecule has 0 aliphatic heterocycles. The Hall–Kier alpha value is -2.15. The van der Waals surface area contributed by atoms with Crippen LogP contribution in [0.5, 0.6) is 0 Å². The highest BCUT2D eigenvalue weighted by atomic mass is 32.2. The topological polar surface area (TPSA) is 74.8 Å². The number of hydrogen-bond acceptors (Lipinski definition) is 4. The number of H-pyrrole nitrogens is 1. The zero-order valence-corrected chi connectivity index (χ0v) is 12.9. The van der Waals surface area contributed by atoms with Gasteiger partial charge in [0.15, 0.2) is 5.16 Å². The van der Waals surface area contributed by atoms with Crippen LogP contribution in [-0.2, 0) is 11.2 Å². The van der Waals surface area contributed by atoms with Crippen LogP contribution >= 0.6 is 11.8 Å². The van der Waals surface area contributed by atoms with Crippen LogP contribution < -0.4 is 10.9 Å². The Bertz CT molecular complexity index is 701. The van der Waals surface area contributed by atoms with Gasteiger partial charge in [-0.15, -0.1) is 0 Å². The minimum Gasteiger partial charge on any atom is -0.355 e. The van der Waals surface area contributed by atoms with Crippen LogP contribution in [0.4, 0.5) is 4.39 Å². The second-order valence-electron chi connectivity index (χ2n) is 4.71. The Morgan fingerprint density at radius 3 is 2.77 bits per heavy atom. The van der Waals surface area contributed by atoms with Crippen LogP contribution in [0.3, 0.4) is 0 Å². The molecule has 1 amide bonds. The number of nitrogens with zero attached hydrogens (tertiary/aromatic N) is 1. The Labute approximate surface area is 131 Å². The smallest absolute Gasteiger partial charge is 0.251 e. The summed E-state index contributed by atoms with van der Waals surface area (Å²) in [6, 6.07) is 7.57. The van der Waals surface area contributed by atoms with Gasteiger partial charge >= 0.3 is 0 Å². The van der Waals surface area contributed by atoms with Gasteiger partial charge in [0.25, 0.3) is 5.56 Å². The molecule has 22 heavy (non-hydrogen) atoms. The second kappa shape index (κ2) is 7.74. The van der Waals surface area contributed by atoms with Crippen LogP contribution in [0.25, 0.3) is 0 Å². The molecule has 0 aliphatic rings. The maximum atomic E-state index is 12.8. The van der Waals surface area contributed by atoms with Crippen molar-refractivity contribution < 1.29 is 9.18 Å². The quantitative estimate of drug-likeness (QED) is 0.627. The highest BCUT2D eigenvalue weighted by molar-refractivity contribution is 7.99. The van der Waals surface area contributed by atoms with Crippen LogP contribution in [0.1, 0.15) is 11.3 Å². The number of amides is 1.